The number of allylic oxidation sites excluding steroid dienone is 3. The Kier molecular flexibility index (Phi) is 4.99. The molecule has 0 spiro atoms. The van der Waals surface area contributed by atoms with Crippen molar-refractivity contribution in [1.82, 2.24) is 0 Å². The highest BCUT2D eigenvalue weighted by molar-refractivity contribution is 7.95. The highest BCUT2D eigenvalue weighted by Gasteiger charge is 2.58. The van der Waals surface area contributed by atoms with Gasteiger partial charge in [0.1, 0.15) is 0 Å². The summed E-state index contributed by atoms with van der Waals surface area (Å²) in [7, 11) is -1.48. The van der Waals surface area contributed by atoms with Gasteiger partial charge in [-0.3, -0.25) is 9.59 Å². The third-order valence-corrected chi connectivity index (χ3v) is 7.59. The summed E-state index contributed by atoms with van der Waals surface area (Å²) in [6.45, 7) is 3.79. The summed E-state index contributed by atoms with van der Waals surface area (Å²) in [6, 6.07) is 8.02. The van der Waals surface area contributed by atoms with E-state index < -0.39 is 27.2 Å². The van der Waals surface area contributed by atoms with Gasteiger partial charge in [0, 0.05) is 6.42 Å². The van der Waals surface area contributed by atoms with Crippen LogP contribution in [0.1, 0.15) is 19.3 Å². The molecular formula is C20H22O6S. The van der Waals surface area contributed by atoms with Crippen LogP contribution in [0.25, 0.3) is 0 Å². The summed E-state index contributed by atoms with van der Waals surface area (Å²) in [5.41, 5.74) is -0.900. The molecule has 0 bridgehead atoms. The molecule has 3 rings (SSSR count). The van der Waals surface area contributed by atoms with Gasteiger partial charge in [-0.25, -0.2) is 8.42 Å². The number of carbonyl (C=O) groups excluding carboxylic acids is 2. The lowest BCUT2D eigenvalue weighted by atomic mass is 9.57. The zero-order chi connectivity index (χ0) is 19.8. The van der Waals surface area contributed by atoms with Gasteiger partial charge in [0.2, 0.25) is 9.84 Å². The van der Waals surface area contributed by atoms with Crippen molar-refractivity contribution >= 4 is 21.8 Å². The second-order valence-electron chi connectivity index (χ2n) is 6.92. The molecule has 1 fully saturated rings. The first-order chi connectivity index (χ1) is 12.8. The Hall–Kier alpha value is -2.41. The molecule has 1 aromatic carbocycles. The molecule has 1 saturated carbocycles. The lowest BCUT2D eigenvalue weighted by molar-refractivity contribution is -0.171. The number of rotatable bonds is 5. The third-order valence-electron chi connectivity index (χ3n) is 5.64. The van der Waals surface area contributed by atoms with Gasteiger partial charge in [-0.1, -0.05) is 29.8 Å². The molecule has 27 heavy (non-hydrogen) atoms. The normalized spacial score (nSPS) is 23.6. The fraction of sp³-hybridized carbons (Fsp3) is 0.400. The van der Waals surface area contributed by atoms with Gasteiger partial charge in [-0.2, -0.15) is 0 Å². The monoisotopic (exact) mass is 390 g/mol. The Bertz CT molecular complexity index is 897. The number of benzene rings is 1. The Morgan fingerprint density at radius 2 is 1.74 bits per heavy atom. The number of carbonyl (C=O) groups is 2. The van der Waals surface area contributed by atoms with Gasteiger partial charge in [0.25, 0.3) is 0 Å². The van der Waals surface area contributed by atoms with Gasteiger partial charge < -0.3 is 9.47 Å². The SMILES string of the molecule is C=C[C@@H]1CC2=C(S(=O)(=O)c3ccccc3)CC(C(=O)OC)(C(=O)OC)C[C@@H]21. The lowest BCUT2D eigenvalue weighted by Crippen LogP contribution is -2.50. The summed E-state index contributed by atoms with van der Waals surface area (Å²) >= 11 is 0. The van der Waals surface area contributed by atoms with E-state index in [0.29, 0.717) is 6.42 Å². The first-order valence-corrected chi connectivity index (χ1v) is 10.1. The van der Waals surface area contributed by atoms with Gasteiger partial charge in [0.15, 0.2) is 5.41 Å². The largest absolute Gasteiger partial charge is 0.468 e. The second-order valence-corrected chi connectivity index (χ2v) is 8.89. The van der Waals surface area contributed by atoms with Crippen LogP contribution >= 0.6 is 0 Å². The Labute approximate surface area is 158 Å². The third kappa shape index (κ3) is 2.90. The molecule has 0 saturated heterocycles. The minimum absolute atomic E-state index is 0.00922. The van der Waals surface area contributed by atoms with Gasteiger partial charge in [-0.15, -0.1) is 6.58 Å². The van der Waals surface area contributed by atoms with E-state index in [4.69, 9.17) is 9.47 Å². The predicted molar refractivity (Wildman–Crippen MR) is 98.1 cm³/mol. The quantitative estimate of drug-likeness (QED) is 0.436. The number of fused-ring (bicyclic) bond motifs is 1. The van der Waals surface area contributed by atoms with Crippen molar-refractivity contribution in [2.75, 3.05) is 14.2 Å². The molecule has 1 aromatic rings. The van der Waals surface area contributed by atoms with Crippen molar-refractivity contribution in [1.29, 1.82) is 0 Å². The van der Waals surface area contributed by atoms with Gasteiger partial charge in [-0.05, 0) is 36.8 Å². The first-order valence-electron chi connectivity index (χ1n) is 8.63. The Morgan fingerprint density at radius 3 is 2.26 bits per heavy atom. The van der Waals surface area contributed by atoms with Crippen LogP contribution in [0.2, 0.25) is 0 Å². The molecule has 0 heterocycles. The average molecular weight is 390 g/mol. The maximum Gasteiger partial charge on any atom is 0.323 e. The van der Waals surface area contributed by atoms with Crippen molar-refractivity contribution in [3.8, 4) is 0 Å². The van der Waals surface area contributed by atoms with Crippen LogP contribution in [0.15, 0.2) is 58.4 Å². The number of methoxy groups -OCH3 is 2. The lowest BCUT2D eigenvalue weighted by Gasteiger charge is -2.48. The maximum atomic E-state index is 13.3. The highest BCUT2D eigenvalue weighted by Crippen LogP contribution is 2.57. The summed E-state index contributed by atoms with van der Waals surface area (Å²) in [5.74, 6) is -1.79. The van der Waals surface area contributed by atoms with Gasteiger partial charge in [0.05, 0.1) is 24.0 Å². The molecule has 0 aromatic heterocycles. The van der Waals surface area contributed by atoms with Crippen molar-refractivity contribution in [2.24, 2.45) is 17.3 Å². The van der Waals surface area contributed by atoms with E-state index in [9.17, 15) is 18.0 Å². The number of sulfone groups is 1. The van der Waals surface area contributed by atoms with E-state index in [1.807, 2.05) is 0 Å². The molecule has 0 unspecified atom stereocenters. The minimum Gasteiger partial charge on any atom is -0.468 e. The topological polar surface area (TPSA) is 86.7 Å². The molecule has 144 valence electrons. The number of ether oxygens (including phenoxy) is 2. The van der Waals surface area contributed by atoms with Crippen LogP contribution < -0.4 is 0 Å². The number of hydrogen-bond donors (Lipinski definition) is 0. The summed E-state index contributed by atoms with van der Waals surface area (Å²) in [4.78, 5) is 25.5. The zero-order valence-corrected chi connectivity index (χ0v) is 16.1. The molecule has 0 amide bonds. The van der Waals surface area contributed by atoms with Crippen molar-refractivity contribution in [3.63, 3.8) is 0 Å². The molecule has 0 radical (unpaired) electrons. The molecule has 6 nitrogen and oxygen atoms in total. The highest BCUT2D eigenvalue weighted by atomic mass is 32.2. The van der Waals surface area contributed by atoms with Crippen LogP contribution in [0.5, 0.6) is 0 Å². The zero-order valence-electron chi connectivity index (χ0n) is 15.3. The predicted octanol–water partition coefficient (Wildman–Crippen LogP) is 2.66. The molecular weight excluding hydrogens is 368 g/mol. The Morgan fingerprint density at radius 1 is 1.15 bits per heavy atom. The number of esters is 2. The van der Waals surface area contributed by atoms with E-state index in [1.165, 1.54) is 26.4 Å². The van der Waals surface area contributed by atoms with Crippen LogP contribution in [-0.2, 0) is 28.9 Å². The fourth-order valence-electron chi connectivity index (χ4n) is 4.12. The summed E-state index contributed by atoms with van der Waals surface area (Å²) < 4.78 is 36.3. The van der Waals surface area contributed by atoms with E-state index in [-0.39, 0.29) is 34.5 Å². The van der Waals surface area contributed by atoms with Crippen molar-refractivity contribution in [2.45, 2.75) is 24.2 Å². The van der Waals surface area contributed by atoms with E-state index in [1.54, 1.807) is 24.3 Å². The van der Waals surface area contributed by atoms with Crippen molar-refractivity contribution < 1.29 is 27.5 Å². The molecule has 2 aliphatic rings. The summed E-state index contributed by atoms with van der Waals surface area (Å²) in [6.07, 6.45) is 2.21. The first kappa shape index (κ1) is 19.4. The van der Waals surface area contributed by atoms with Crippen LogP contribution in [0.4, 0.5) is 0 Å². The van der Waals surface area contributed by atoms with E-state index in [0.717, 1.165) is 5.57 Å². The Balaban J connectivity index is 2.17. The van der Waals surface area contributed by atoms with Crippen molar-refractivity contribution in [3.05, 3.63) is 53.5 Å². The van der Waals surface area contributed by atoms with E-state index in [2.05, 4.69) is 6.58 Å². The van der Waals surface area contributed by atoms with E-state index >= 15 is 0 Å². The maximum absolute atomic E-state index is 13.3. The second kappa shape index (κ2) is 6.96. The van der Waals surface area contributed by atoms with Gasteiger partial charge >= 0.3 is 11.9 Å². The molecule has 7 heteroatoms. The average Bonchev–Trinajstić information content (AvgIpc) is 2.68. The number of hydrogen-bond acceptors (Lipinski definition) is 6. The molecule has 0 aliphatic heterocycles. The molecule has 2 aliphatic carbocycles. The standard InChI is InChI=1S/C20H22O6S/c1-4-13-10-15-16(13)11-20(18(21)25-2,19(22)26-3)12-17(15)27(23,24)14-8-6-5-7-9-14/h4-9,13,16H,1,10-12H2,2-3H3/t13-,16-/m1/s1. The minimum atomic E-state index is -3.85. The van der Waals surface area contributed by atoms with Crippen LogP contribution in [0.3, 0.4) is 0 Å². The smallest absolute Gasteiger partial charge is 0.323 e. The molecule has 0 N–H and O–H groups in total. The fourth-order valence-corrected chi connectivity index (χ4v) is 5.93. The van der Waals surface area contributed by atoms with Crippen LogP contribution in [-0.4, -0.2) is 34.6 Å². The van der Waals surface area contributed by atoms with Crippen LogP contribution in [0, 0.1) is 17.3 Å². The summed E-state index contributed by atoms with van der Waals surface area (Å²) in [5, 5.41) is 0. The molecule has 2 atom stereocenters.